The summed E-state index contributed by atoms with van der Waals surface area (Å²) >= 11 is 0. The predicted octanol–water partition coefficient (Wildman–Crippen LogP) is 2.04. The third-order valence-electron chi connectivity index (χ3n) is 5.73. The fourth-order valence-corrected chi connectivity index (χ4v) is 3.88. The number of nitrogens with zero attached hydrogens (tertiary/aromatic N) is 5. The van der Waals surface area contributed by atoms with Gasteiger partial charge in [-0.3, -0.25) is 14.6 Å². The Morgan fingerprint density at radius 1 is 1.00 bits per heavy atom. The molecule has 2 aliphatic rings. The van der Waals surface area contributed by atoms with Crippen LogP contribution in [0.5, 0.6) is 0 Å². The maximum absolute atomic E-state index is 12.3. The van der Waals surface area contributed by atoms with Crippen molar-refractivity contribution in [2.45, 2.75) is 32.7 Å². The fraction of sp³-hybridized carbons (Fsp3) is 0.571. The van der Waals surface area contributed by atoms with Crippen LogP contribution in [0.25, 0.3) is 11.4 Å². The summed E-state index contributed by atoms with van der Waals surface area (Å²) in [5.74, 6) is 1.57. The van der Waals surface area contributed by atoms with Crippen molar-refractivity contribution in [1.29, 1.82) is 0 Å². The van der Waals surface area contributed by atoms with E-state index in [-0.39, 0.29) is 5.91 Å². The number of hydrogen-bond acceptors (Lipinski definition) is 6. The second-order valence-electron chi connectivity index (χ2n) is 7.70. The van der Waals surface area contributed by atoms with Crippen molar-refractivity contribution < 1.29 is 9.32 Å². The average Bonchev–Trinajstić information content (AvgIpc) is 3.42. The molecule has 2 saturated heterocycles. The Kier molecular flexibility index (Phi) is 6.02. The van der Waals surface area contributed by atoms with Gasteiger partial charge in [-0.05, 0) is 24.8 Å². The van der Waals surface area contributed by atoms with E-state index in [1.54, 1.807) is 0 Å². The molecule has 1 aromatic heterocycles. The van der Waals surface area contributed by atoms with Gasteiger partial charge < -0.3 is 9.42 Å². The summed E-state index contributed by atoms with van der Waals surface area (Å²) < 4.78 is 5.46. The Bertz CT molecular complexity index is 774. The molecule has 7 heteroatoms. The molecule has 1 amide bonds. The molecule has 4 rings (SSSR count). The Morgan fingerprint density at radius 3 is 2.36 bits per heavy atom. The lowest BCUT2D eigenvalue weighted by Crippen LogP contribution is -2.49. The molecule has 2 aromatic rings. The fourth-order valence-electron chi connectivity index (χ4n) is 3.88. The molecule has 0 unspecified atom stereocenters. The molecule has 28 heavy (non-hydrogen) atoms. The van der Waals surface area contributed by atoms with E-state index in [0.29, 0.717) is 24.8 Å². The second kappa shape index (κ2) is 8.84. The maximum atomic E-state index is 12.3. The van der Waals surface area contributed by atoms with Crippen molar-refractivity contribution >= 4 is 5.91 Å². The molecular weight excluding hydrogens is 354 g/mol. The van der Waals surface area contributed by atoms with E-state index >= 15 is 0 Å². The summed E-state index contributed by atoms with van der Waals surface area (Å²) in [6.07, 6.45) is 3.32. The molecule has 0 saturated carbocycles. The molecule has 0 bridgehead atoms. The predicted molar refractivity (Wildman–Crippen MR) is 107 cm³/mol. The number of rotatable bonds is 6. The van der Waals surface area contributed by atoms with Crippen LogP contribution in [0.2, 0.25) is 0 Å². The van der Waals surface area contributed by atoms with E-state index in [4.69, 9.17) is 4.52 Å². The van der Waals surface area contributed by atoms with Crippen LogP contribution in [0.1, 0.15) is 31.2 Å². The van der Waals surface area contributed by atoms with Gasteiger partial charge in [-0.25, -0.2) is 0 Å². The van der Waals surface area contributed by atoms with E-state index in [9.17, 15) is 4.79 Å². The van der Waals surface area contributed by atoms with Crippen LogP contribution in [0, 0.1) is 0 Å². The van der Waals surface area contributed by atoms with Gasteiger partial charge in [0.15, 0.2) is 0 Å². The molecular formula is C21H29N5O2. The SMILES string of the molecule is CCc1ccc(-c2noc(CN3CCN(CC(=O)N4CCCC4)CC3)n2)cc1. The molecule has 0 spiro atoms. The van der Waals surface area contributed by atoms with Crippen molar-refractivity contribution in [2.24, 2.45) is 0 Å². The molecule has 2 fully saturated rings. The topological polar surface area (TPSA) is 65.7 Å². The minimum Gasteiger partial charge on any atom is -0.342 e. The van der Waals surface area contributed by atoms with Crippen molar-refractivity contribution in [3.63, 3.8) is 0 Å². The smallest absolute Gasteiger partial charge is 0.241 e. The van der Waals surface area contributed by atoms with Gasteiger partial charge in [-0.15, -0.1) is 0 Å². The van der Waals surface area contributed by atoms with Gasteiger partial charge in [0.05, 0.1) is 13.1 Å². The van der Waals surface area contributed by atoms with Crippen LogP contribution in [0.4, 0.5) is 0 Å². The van der Waals surface area contributed by atoms with Crippen molar-refractivity contribution in [1.82, 2.24) is 24.8 Å². The molecule has 3 heterocycles. The van der Waals surface area contributed by atoms with Gasteiger partial charge in [0.2, 0.25) is 17.6 Å². The number of aromatic nitrogens is 2. The highest BCUT2D eigenvalue weighted by molar-refractivity contribution is 5.78. The van der Waals surface area contributed by atoms with E-state index in [2.05, 4.69) is 39.0 Å². The summed E-state index contributed by atoms with van der Waals surface area (Å²) in [5, 5.41) is 4.13. The summed E-state index contributed by atoms with van der Waals surface area (Å²) in [5.41, 5.74) is 2.28. The van der Waals surface area contributed by atoms with Gasteiger partial charge >= 0.3 is 0 Å². The first-order valence-corrected chi connectivity index (χ1v) is 10.4. The highest BCUT2D eigenvalue weighted by atomic mass is 16.5. The van der Waals surface area contributed by atoms with Crippen LogP contribution in [-0.4, -0.2) is 76.6 Å². The van der Waals surface area contributed by atoms with Gasteiger partial charge in [-0.2, -0.15) is 4.98 Å². The first-order chi connectivity index (χ1) is 13.7. The third-order valence-corrected chi connectivity index (χ3v) is 5.73. The van der Waals surface area contributed by atoms with Gasteiger partial charge in [0.25, 0.3) is 0 Å². The lowest BCUT2D eigenvalue weighted by atomic mass is 10.1. The first kappa shape index (κ1) is 19.1. The van der Waals surface area contributed by atoms with E-state index < -0.39 is 0 Å². The number of aryl methyl sites for hydroxylation is 1. The quantitative estimate of drug-likeness (QED) is 0.761. The first-order valence-electron chi connectivity index (χ1n) is 10.4. The molecule has 0 atom stereocenters. The zero-order valence-electron chi connectivity index (χ0n) is 16.6. The zero-order chi connectivity index (χ0) is 19.3. The van der Waals surface area contributed by atoms with Gasteiger partial charge in [-0.1, -0.05) is 36.3 Å². The van der Waals surface area contributed by atoms with Crippen LogP contribution < -0.4 is 0 Å². The van der Waals surface area contributed by atoms with Crippen molar-refractivity contribution in [2.75, 3.05) is 45.8 Å². The largest absolute Gasteiger partial charge is 0.342 e. The highest BCUT2D eigenvalue weighted by Crippen LogP contribution is 2.18. The minimum atomic E-state index is 0.279. The standard InChI is InChI=1S/C21H29N5O2/c1-2-17-5-7-18(8-6-17)21-22-19(28-23-21)15-24-11-13-25(14-12-24)16-20(27)26-9-3-4-10-26/h5-8H,2-4,9-16H2,1H3. The highest BCUT2D eigenvalue weighted by Gasteiger charge is 2.24. The number of amides is 1. The van der Waals surface area contributed by atoms with Gasteiger partial charge in [0.1, 0.15) is 0 Å². The van der Waals surface area contributed by atoms with Crippen LogP contribution in [-0.2, 0) is 17.8 Å². The molecule has 2 aliphatic heterocycles. The number of carbonyl (C=O) groups is 1. The van der Waals surface area contributed by atoms with E-state index in [1.165, 1.54) is 5.56 Å². The lowest BCUT2D eigenvalue weighted by Gasteiger charge is -2.34. The Labute approximate surface area is 166 Å². The Morgan fingerprint density at radius 2 is 1.68 bits per heavy atom. The summed E-state index contributed by atoms with van der Waals surface area (Å²) in [7, 11) is 0. The van der Waals surface area contributed by atoms with Gasteiger partial charge in [0, 0.05) is 44.8 Å². The molecule has 0 N–H and O–H groups in total. The van der Waals surface area contributed by atoms with Crippen molar-refractivity contribution in [3.05, 3.63) is 35.7 Å². The van der Waals surface area contributed by atoms with E-state index in [1.807, 2.05) is 17.0 Å². The number of piperazine rings is 1. The molecule has 150 valence electrons. The zero-order valence-corrected chi connectivity index (χ0v) is 16.6. The molecule has 1 aromatic carbocycles. The monoisotopic (exact) mass is 383 g/mol. The van der Waals surface area contributed by atoms with Crippen LogP contribution in [0.15, 0.2) is 28.8 Å². The van der Waals surface area contributed by atoms with Crippen LogP contribution in [0.3, 0.4) is 0 Å². The number of likely N-dealkylation sites (tertiary alicyclic amines) is 1. The second-order valence-corrected chi connectivity index (χ2v) is 7.70. The maximum Gasteiger partial charge on any atom is 0.241 e. The summed E-state index contributed by atoms with van der Waals surface area (Å²) in [6, 6.07) is 8.30. The summed E-state index contributed by atoms with van der Waals surface area (Å²) in [6.45, 7) is 8.84. The van der Waals surface area contributed by atoms with E-state index in [0.717, 1.165) is 64.1 Å². The molecule has 0 aliphatic carbocycles. The number of carbonyl (C=O) groups excluding carboxylic acids is 1. The average molecular weight is 383 g/mol. The summed E-state index contributed by atoms with van der Waals surface area (Å²) in [4.78, 5) is 23.4. The number of benzene rings is 1. The Balaban J connectivity index is 1.25. The lowest BCUT2D eigenvalue weighted by molar-refractivity contribution is -0.131. The van der Waals surface area contributed by atoms with Crippen molar-refractivity contribution in [3.8, 4) is 11.4 Å². The van der Waals surface area contributed by atoms with Crippen LogP contribution >= 0.6 is 0 Å². The third kappa shape index (κ3) is 4.59. The Hall–Kier alpha value is -2.25. The molecule has 7 nitrogen and oxygen atoms in total. The molecule has 0 radical (unpaired) electrons. The number of hydrogen-bond donors (Lipinski definition) is 0. The normalized spacial score (nSPS) is 18.7. The minimum absolute atomic E-state index is 0.279.